The van der Waals surface area contributed by atoms with E-state index in [1.807, 2.05) is 12.3 Å². The molecule has 1 amide bonds. The van der Waals surface area contributed by atoms with E-state index in [4.69, 9.17) is 11.6 Å². The molecule has 0 spiro atoms. The first-order valence-electron chi connectivity index (χ1n) is 6.31. The number of phenols is 1. The van der Waals surface area contributed by atoms with Crippen molar-refractivity contribution >= 4 is 46.3 Å². The van der Waals surface area contributed by atoms with E-state index in [9.17, 15) is 9.90 Å². The van der Waals surface area contributed by atoms with Gasteiger partial charge in [0.1, 0.15) is 5.75 Å². The van der Waals surface area contributed by atoms with Gasteiger partial charge in [-0.25, -0.2) is 4.98 Å². The summed E-state index contributed by atoms with van der Waals surface area (Å²) in [5, 5.41) is 15.4. The number of hydrogen-bond acceptors (Lipinski definition) is 5. The van der Waals surface area contributed by atoms with Crippen LogP contribution in [0.25, 0.3) is 0 Å². The topological polar surface area (TPSA) is 62.2 Å². The third-order valence-corrected chi connectivity index (χ3v) is 4.74. The third-order valence-electron chi connectivity index (χ3n) is 2.62. The highest BCUT2D eigenvalue weighted by atomic mass is 35.5. The summed E-state index contributed by atoms with van der Waals surface area (Å²) < 4.78 is 0. The van der Waals surface area contributed by atoms with Crippen LogP contribution in [0.3, 0.4) is 0 Å². The maximum Gasteiger partial charge on any atom is 0.225 e. The van der Waals surface area contributed by atoms with Gasteiger partial charge >= 0.3 is 0 Å². The van der Waals surface area contributed by atoms with E-state index in [2.05, 4.69) is 10.3 Å². The summed E-state index contributed by atoms with van der Waals surface area (Å²) in [6, 6.07) is 4.60. The molecule has 4 nitrogen and oxygen atoms in total. The van der Waals surface area contributed by atoms with Gasteiger partial charge in [0.2, 0.25) is 5.91 Å². The molecule has 0 aliphatic carbocycles. The van der Waals surface area contributed by atoms with Gasteiger partial charge in [0.15, 0.2) is 0 Å². The molecule has 0 radical (unpaired) electrons. The van der Waals surface area contributed by atoms with Gasteiger partial charge in [-0.05, 0) is 25.1 Å². The molecular formula is C14H15ClN2O2S2. The molecule has 2 N–H and O–H groups in total. The molecule has 0 saturated heterocycles. The SMILES string of the molecule is Cc1nc(CSCCC(=O)Nc2ccc(O)c(Cl)c2)cs1. The fourth-order valence-electron chi connectivity index (χ4n) is 1.62. The van der Waals surface area contributed by atoms with Gasteiger partial charge in [-0.1, -0.05) is 11.6 Å². The molecule has 2 rings (SSSR count). The molecule has 0 bridgehead atoms. The van der Waals surface area contributed by atoms with Gasteiger partial charge in [-0.2, -0.15) is 11.8 Å². The summed E-state index contributed by atoms with van der Waals surface area (Å²) in [7, 11) is 0. The highest BCUT2D eigenvalue weighted by molar-refractivity contribution is 7.98. The van der Waals surface area contributed by atoms with Crippen molar-refractivity contribution in [2.24, 2.45) is 0 Å². The second-order valence-electron chi connectivity index (χ2n) is 4.37. The number of nitrogens with zero attached hydrogens (tertiary/aromatic N) is 1. The lowest BCUT2D eigenvalue weighted by molar-refractivity contribution is -0.115. The fraction of sp³-hybridized carbons (Fsp3) is 0.286. The smallest absolute Gasteiger partial charge is 0.225 e. The number of anilines is 1. The second kappa shape index (κ2) is 7.68. The number of nitrogens with one attached hydrogen (secondary N) is 1. The number of thiazole rings is 1. The number of amides is 1. The van der Waals surface area contributed by atoms with Crippen molar-refractivity contribution < 1.29 is 9.90 Å². The average Bonchev–Trinajstić information content (AvgIpc) is 2.85. The number of hydrogen-bond donors (Lipinski definition) is 2. The molecule has 2 aromatic rings. The van der Waals surface area contributed by atoms with Gasteiger partial charge in [-0.15, -0.1) is 11.3 Å². The molecule has 1 aromatic heterocycles. The Morgan fingerprint density at radius 2 is 2.33 bits per heavy atom. The van der Waals surface area contributed by atoms with Crippen molar-refractivity contribution in [3.63, 3.8) is 0 Å². The average molecular weight is 343 g/mol. The first-order chi connectivity index (χ1) is 10.0. The van der Waals surface area contributed by atoms with E-state index in [1.54, 1.807) is 29.2 Å². The van der Waals surface area contributed by atoms with Crippen LogP contribution in [0, 0.1) is 6.92 Å². The maximum absolute atomic E-state index is 11.8. The Balaban J connectivity index is 1.71. The van der Waals surface area contributed by atoms with Crippen LogP contribution in [-0.2, 0) is 10.5 Å². The number of halogens is 1. The molecule has 21 heavy (non-hydrogen) atoms. The molecule has 0 unspecified atom stereocenters. The van der Waals surface area contributed by atoms with E-state index >= 15 is 0 Å². The molecule has 0 atom stereocenters. The number of rotatable bonds is 6. The quantitative estimate of drug-likeness (QED) is 0.613. The normalized spacial score (nSPS) is 10.6. The molecular weight excluding hydrogens is 328 g/mol. The minimum Gasteiger partial charge on any atom is -0.506 e. The minimum absolute atomic E-state index is 0.00350. The number of thioether (sulfide) groups is 1. The number of carbonyl (C=O) groups excluding carboxylic acids is 1. The Bertz CT molecular complexity index is 631. The molecule has 112 valence electrons. The molecule has 7 heteroatoms. The van der Waals surface area contributed by atoms with Gasteiger partial charge in [-0.3, -0.25) is 4.79 Å². The van der Waals surface area contributed by atoms with E-state index in [0.29, 0.717) is 12.1 Å². The Morgan fingerprint density at radius 3 is 3.00 bits per heavy atom. The Labute approximate surface area is 136 Å². The number of aromatic nitrogens is 1. The summed E-state index contributed by atoms with van der Waals surface area (Å²) in [6.07, 6.45) is 0.423. The van der Waals surface area contributed by atoms with Crippen LogP contribution in [0.2, 0.25) is 5.02 Å². The van der Waals surface area contributed by atoms with Crippen molar-refractivity contribution in [1.29, 1.82) is 0 Å². The van der Waals surface area contributed by atoms with Crippen LogP contribution in [0.15, 0.2) is 23.6 Å². The largest absolute Gasteiger partial charge is 0.506 e. The number of aromatic hydroxyl groups is 1. The Hall–Kier alpha value is -1.24. The van der Waals surface area contributed by atoms with E-state index in [0.717, 1.165) is 22.2 Å². The highest BCUT2D eigenvalue weighted by Gasteiger charge is 2.05. The zero-order valence-electron chi connectivity index (χ0n) is 11.4. The summed E-state index contributed by atoms with van der Waals surface area (Å²) in [6.45, 7) is 1.98. The van der Waals surface area contributed by atoms with Gasteiger partial charge < -0.3 is 10.4 Å². The van der Waals surface area contributed by atoms with Crippen molar-refractivity contribution in [1.82, 2.24) is 4.98 Å². The molecule has 0 aliphatic rings. The summed E-state index contributed by atoms with van der Waals surface area (Å²) in [5.74, 6) is 1.49. The predicted octanol–water partition coefficient (Wildman–Crippen LogP) is 4.07. The molecule has 1 heterocycles. The number of aryl methyl sites for hydroxylation is 1. The molecule has 0 fully saturated rings. The molecule has 0 saturated carbocycles. The second-order valence-corrected chi connectivity index (χ2v) is 6.95. The number of carbonyl (C=O) groups is 1. The zero-order chi connectivity index (χ0) is 15.2. The number of phenolic OH excluding ortho intramolecular Hbond substituents is 1. The van der Waals surface area contributed by atoms with Crippen LogP contribution in [0.4, 0.5) is 5.69 Å². The predicted molar refractivity (Wildman–Crippen MR) is 89.4 cm³/mol. The van der Waals surface area contributed by atoms with Crippen LogP contribution in [-0.4, -0.2) is 21.8 Å². The zero-order valence-corrected chi connectivity index (χ0v) is 13.8. The van der Waals surface area contributed by atoms with Gasteiger partial charge in [0.05, 0.1) is 15.7 Å². The van der Waals surface area contributed by atoms with E-state index < -0.39 is 0 Å². The van der Waals surface area contributed by atoms with Crippen LogP contribution in [0.1, 0.15) is 17.1 Å². The van der Waals surface area contributed by atoms with Crippen molar-refractivity contribution in [2.75, 3.05) is 11.1 Å². The lowest BCUT2D eigenvalue weighted by Gasteiger charge is -2.06. The summed E-state index contributed by atoms with van der Waals surface area (Å²) >= 11 is 9.10. The Kier molecular flexibility index (Phi) is 5.90. The van der Waals surface area contributed by atoms with E-state index in [-0.39, 0.29) is 16.7 Å². The first kappa shape index (κ1) is 16.1. The van der Waals surface area contributed by atoms with E-state index in [1.165, 1.54) is 12.1 Å². The molecule has 0 aliphatic heterocycles. The van der Waals surface area contributed by atoms with Crippen molar-refractivity contribution in [3.05, 3.63) is 39.3 Å². The van der Waals surface area contributed by atoms with Crippen LogP contribution in [0.5, 0.6) is 5.75 Å². The minimum atomic E-state index is -0.0706. The monoisotopic (exact) mass is 342 g/mol. The van der Waals surface area contributed by atoms with Crippen molar-refractivity contribution in [3.8, 4) is 5.75 Å². The van der Waals surface area contributed by atoms with Gasteiger partial charge in [0.25, 0.3) is 0 Å². The standard InChI is InChI=1S/C14H15ClN2O2S2/c1-9-16-11(8-21-9)7-20-5-4-14(19)17-10-2-3-13(18)12(15)6-10/h2-3,6,8,18H,4-5,7H2,1H3,(H,17,19). The first-order valence-corrected chi connectivity index (χ1v) is 8.73. The van der Waals surface area contributed by atoms with Crippen LogP contribution < -0.4 is 5.32 Å². The maximum atomic E-state index is 11.8. The van der Waals surface area contributed by atoms with Crippen molar-refractivity contribution in [2.45, 2.75) is 19.1 Å². The third kappa shape index (κ3) is 5.22. The summed E-state index contributed by atoms with van der Waals surface area (Å²) in [5.41, 5.74) is 1.65. The van der Waals surface area contributed by atoms with Gasteiger partial charge in [0, 0.05) is 29.0 Å². The molecule has 1 aromatic carbocycles. The lowest BCUT2D eigenvalue weighted by Crippen LogP contribution is -2.12. The Morgan fingerprint density at radius 1 is 1.52 bits per heavy atom. The summed E-state index contributed by atoms with van der Waals surface area (Å²) in [4.78, 5) is 16.2. The van der Waals surface area contributed by atoms with Crippen LogP contribution >= 0.6 is 34.7 Å². The fourth-order valence-corrected chi connectivity index (χ4v) is 3.35. The highest BCUT2D eigenvalue weighted by Crippen LogP contribution is 2.26. The lowest BCUT2D eigenvalue weighted by atomic mass is 10.3. The number of benzene rings is 1.